The van der Waals surface area contributed by atoms with Crippen LogP contribution in [-0.4, -0.2) is 68.1 Å². The zero-order valence-electron chi connectivity index (χ0n) is 18.3. The number of piperazine rings is 1. The molecule has 9 nitrogen and oxygen atoms in total. The summed E-state index contributed by atoms with van der Waals surface area (Å²) in [5, 5.41) is 11.8. The van der Waals surface area contributed by atoms with Gasteiger partial charge in [-0.2, -0.15) is 5.10 Å². The van der Waals surface area contributed by atoms with Gasteiger partial charge in [0.1, 0.15) is 11.6 Å². The summed E-state index contributed by atoms with van der Waals surface area (Å²) in [6, 6.07) is 6.03. The second kappa shape index (κ2) is 9.22. The fourth-order valence-corrected chi connectivity index (χ4v) is 4.14. The van der Waals surface area contributed by atoms with Gasteiger partial charge in [0.05, 0.1) is 18.3 Å². The average molecular weight is 424 g/mol. The number of fused-ring (bicyclic) bond motifs is 2. The van der Waals surface area contributed by atoms with Gasteiger partial charge in [-0.3, -0.25) is 14.4 Å². The van der Waals surface area contributed by atoms with E-state index in [-0.39, 0.29) is 0 Å². The molecule has 3 aromatic rings. The van der Waals surface area contributed by atoms with Crippen LogP contribution in [0, 0.1) is 0 Å². The molecule has 2 N–H and O–H groups in total. The summed E-state index contributed by atoms with van der Waals surface area (Å²) >= 11 is 0. The van der Waals surface area contributed by atoms with Gasteiger partial charge in [-0.25, -0.2) is 4.98 Å². The predicted octanol–water partition coefficient (Wildman–Crippen LogP) is 1.63. The third-order valence-electron chi connectivity index (χ3n) is 5.68. The number of methoxy groups -OCH3 is 1. The topological polar surface area (TPSA) is 87.5 Å². The van der Waals surface area contributed by atoms with E-state index in [1.165, 1.54) is 11.3 Å². The van der Waals surface area contributed by atoms with Crippen molar-refractivity contribution in [2.45, 2.75) is 6.42 Å². The van der Waals surface area contributed by atoms with Gasteiger partial charge in [0.2, 0.25) is 6.41 Å². The van der Waals surface area contributed by atoms with Crippen molar-refractivity contribution in [3.8, 4) is 5.75 Å². The van der Waals surface area contributed by atoms with Crippen molar-refractivity contribution >= 4 is 34.5 Å². The molecule has 5 rings (SSSR count). The van der Waals surface area contributed by atoms with Crippen LogP contribution < -0.4 is 25.2 Å². The minimum Gasteiger partial charge on any atom is -0.495 e. The lowest BCUT2D eigenvalue weighted by Gasteiger charge is -2.30. The highest BCUT2D eigenvalue weighted by Crippen LogP contribution is 2.33. The third kappa shape index (κ3) is 4.27. The Kier molecular flexibility index (Phi) is 6.22. The van der Waals surface area contributed by atoms with Crippen molar-refractivity contribution in [3.63, 3.8) is 0 Å². The Morgan fingerprint density at radius 2 is 2.03 bits per heavy atom. The molecule has 0 spiro atoms. The number of anilines is 3. The van der Waals surface area contributed by atoms with E-state index in [2.05, 4.69) is 31.7 Å². The maximum absolute atomic E-state index is 10.9. The number of hydrogen-bond donors (Lipinski definition) is 2. The summed E-state index contributed by atoms with van der Waals surface area (Å²) in [6.45, 7) is 4.85. The SMILES string of the molecule is CNc1cc2cn(C)nc2cc1OC.O=CN1CCc2c(N3CCNCC3)ccnc21. The number of carbonyl (C=O) groups excluding carboxylic acids is 1. The summed E-state index contributed by atoms with van der Waals surface area (Å²) in [5.41, 5.74) is 4.40. The Labute approximate surface area is 182 Å². The molecule has 0 radical (unpaired) electrons. The van der Waals surface area contributed by atoms with Crippen molar-refractivity contribution in [2.75, 3.05) is 62.0 Å². The first kappa shape index (κ1) is 20.9. The lowest BCUT2D eigenvalue weighted by Crippen LogP contribution is -2.43. The molecule has 31 heavy (non-hydrogen) atoms. The molecule has 1 saturated heterocycles. The van der Waals surface area contributed by atoms with Gasteiger partial charge in [0.15, 0.2) is 0 Å². The van der Waals surface area contributed by atoms with E-state index < -0.39 is 0 Å². The monoisotopic (exact) mass is 423 g/mol. The zero-order valence-corrected chi connectivity index (χ0v) is 18.3. The Bertz CT molecular complexity index is 1020. The maximum atomic E-state index is 10.9. The normalized spacial score (nSPS) is 15.3. The van der Waals surface area contributed by atoms with E-state index in [0.717, 1.165) is 73.7 Å². The highest BCUT2D eigenvalue weighted by atomic mass is 16.5. The number of amides is 1. The van der Waals surface area contributed by atoms with Crippen molar-refractivity contribution in [3.05, 3.63) is 36.2 Å². The smallest absolute Gasteiger partial charge is 0.215 e. The quantitative estimate of drug-likeness (QED) is 0.617. The number of hydrogen-bond acceptors (Lipinski definition) is 7. The second-order valence-electron chi connectivity index (χ2n) is 7.58. The van der Waals surface area contributed by atoms with Crippen molar-refractivity contribution in [1.82, 2.24) is 20.1 Å². The minimum atomic E-state index is 0.759. The molecule has 2 aromatic heterocycles. The Balaban J connectivity index is 0.000000152. The number of nitrogens with zero attached hydrogens (tertiary/aromatic N) is 5. The fraction of sp³-hybridized carbons (Fsp3) is 0.409. The van der Waals surface area contributed by atoms with Gasteiger partial charge in [-0.05, 0) is 18.6 Å². The molecule has 0 bridgehead atoms. The van der Waals surface area contributed by atoms with Crippen LogP contribution in [0.4, 0.5) is 17.2 Å². The highest BCUT2D eigenvalue weighted by molar-refractivity contribution is 5.85. The van der Waals surface area contributed by atoms with Gasteiger partial charge in [0.25, 0.3) is 0 Å². The second-order valence-corrected chi connectivity index (χ2v) is 7.58. The predicted molar refractivity (Wildman–Crippen MR) is 123 cm³/mol. The van der Waals surface area contributed by atoms with Gasteiger partial charge in [0, 0.05) is 81.9 Å². The Morgan fingerprint density at radius 1 is 1.23 bits per heavy atom. The number of pyridine rings is 1. The molecule has 4 heterocycles. The minimum absolute atomic E-state index is 0.759. The molecule has 1 amide bonds. The first-order chi connectivity index (χ1) is 15.1. The number of aryl methyl sites for hydroxylation is 1. The summed E-state index contributed by atoms with van der Waals surface area (Å²) in [4.78, 5) is 19.3. The summed E-state index contributed by atoms with van der Waals surface area (Å²) in [5.74, 6) is 1.66. The lowest BCUT2D eigenvalue weighted by atomic mass is 10.1. The van der Waals surface area contributed by atoms with Crippen LogP contribution >= 0.6 is 0 Å². The number of carbonyl (C=O) groups is 1. The molecule has 164 valence electrons. The molecule has 0 saturated carbocycles. The molecule has 2 aliphatic heterocycles. The first-order valence-electron chi connectivity index (χ1n) is 10.5. The molecular weight excluding hydrogens is 394 g/mol. The first-order valence-corrected chi connectivity index (χ1v) is 10.5. The van der Waals surface area contributed by atoms with Crippen molar-refractivity contribution < 1.29 is 9.53 Å². The molecule has 0 atom stereocenters. The van der Waals surface area contributed by atoms with Gasteiger partial charge in [-0.1, -0.05) is 0 Å². The molecule has 2 aliphatic rings. The molecule has 9 heteroatoms. The van der Waals surface area contributed by atoms with Crippen LogP contribution in [0.5, 0.6) is 5.75 Å². The summed E-state index contributed by atoms with van der Waals surface area (Å²) in [6.07, 6.45) is 5.58. The number of nitrogens with one attached hydrogen (secondary N) is 2. The molecule has 1 aromatic carbocycles. The van der Waals surface area contributed by atoms with E-state index in [1.54, 1.807) is 22.9 Å². The molecule has 1 fully saturated rings. The zero-order chi connectivity index (χ0) is 21.8. The molecule has 0 aliphatic carbocycles. The molecule has 0 unspecified atom stereocenters. The maximum Gasteiger partial charge on any atom is 0.215 e. The van der Waals surface area contributed by atoms with Crippen LogP contribution in [0.1, 0.15) is 5.56 Å². The summed E-state index contributed by atoms with van der Waals surface area (Å²) in [7, 11) is 5.44. The van der Waals surface area contributed by atoms with E-state index >= 15 is 0 Å². The lowest BCUT2D eigenvalue weighted by molar-refractivity contribution is -0.107. The van der Waals surface area contributed by atoms with Gasteiger partial charge in [-0.15, -0.1) is 0 Å². The summed E-state index contributed by atoms with van der Waals surface area (Å²) < 4.78 is 7.04. The largest absolute Gasteiger partial charge is 0.495 e. The van der Waals surface area contributed by atoms with Gasteiger partial charge < -0.3 is 20.3 Å². The van der Waals surface area contributed by atoms with Crippen LogP contribution in [-0.2, 0) is 18.3 Å². The standard InChI is InChI=1S/C12H16N4O.C10H13N3O/c17-9-16-6-2-10-11(1-3-14-12(10)16)15-7-4-13-5-8-15;1-11-9-4-7-6-13(2)12-8(7)5-10(9)14-3/h1,3,9,13H,2,4-8H2;4-6,11H,1-3H3. The van der Waals surface area contributed by atoms with Crippen molar-refractivity contribution in [1.29, 1.82) is 0 Å². The number of aromatic nitrogens is 3. The van der Waals surface area contributed by atoms with E-state index in [9.17, 15) is 4.79 Å². The van der Waals surface area contributed by atoms with Crippen LogP contribution in [0.15, 0.2) is 30.6 Å². The van der Waals surface area contributed by atoms with E-state index in [0.29, 0.717) is 0 Å². The van der Waals surface area contributed by atoms with Crippen LogP contribution in [0.25, 0.3) is 10.9 Å². The van der Waals surface area contributed by atoms with E-state index in [1.807, 2.05) is 32.4 Å². The average Bonchev–Trinajstić information content (AvgIpc) is 3.40. The van der Waals surface area contributed by atoms with Crippen LogP contribution in [0.2, 0.25) is 0 Å². The van der Waals surface area contributed by atoms with Crippen LogP contribution in [0.3, 0.4) is 0 Å². The molecular formula is C22H29N7O2. The highest BCUT2D eigenvalue weighted by Gasteiger charge is 2.25. The van der Waals surface area contributed by atoms with Gasteiger partial charge >= 0.3 is 0 Å². The number of rotatable bonds is 4. The fourth-order valence-electron chi connectivity index (χ4n) is 4.14. The number of ether oxygens (including phenoxy) is 1. The Hall–Kier alpha value is -3.33. The Morgan fingerprint density at radius 3 is 2.74 bits per heavy atom. The van der Waals surface area contributed by atoms with Crippen molar-refractivity contribution in [2.24, 2.45) is 7.05 Å². The third-order valence-corrected chi connectivity index (χ3v) is 5.68. The number of benzene rings is 1. The van der Waals surface area contributed by atoms with E-state index in [4.69, 9.17) is 4.74 Å².